The van der Waals surface area contributed by atoms with Crippen LogP contribution in [0.15, 0.2) is 35.9 Å². The van der Waals surface area contributed by atoms with Gasteiger partial charge in [-0.2, -0.15) is 0 Å². The van der Waals surface area contributed by atoms with Gasteiger partial charge in [0, 0.05) is 5.57 Å². The SMILES string of the molecule is CC(C)(C)c1ccc(C2C=C(CC3CCCCC3)C(=O)O2)cc1. The summed E-state index contributed by atoms with van der Waals surface area (Å²) in [6.07, 6.45) is 9.23. The lowest BCUT2D eigenvalue weighted by Gasteiger charge is -2.20. The zero-order valence-corrected chi connectivity index (χ0v) is 14.6. The van der Waals surface area contributed by atoms with E-state index in [1.807, 2.05) is 6.08 Å². The van der Waals surface area contributed by atoms with Crippen LogP contribution in [0.25, 0.3) is 0 Å². The molecule has 1 aliphatic heterocycles. The molecule has 1 aromatic carbocycles. The molecule has 1 saturated carbocycles. The molecule has 0 radical (unpaired) electrons. The molecular formula is C21H28O2. The molecule has 1 unspecified atom stereocenters. The summed E-state index contributed by atoms with van der Waals surface area (Å²) in [5.41, 5.74) is 3.41. The molecular weight excluding hydrogens is 284 g/mol. The second-order valence-electron chi connectivity index (χ2n) is 8.10. The van der Waals surface area contributed by atoms with Crippen LogP contribution < -0.4 is 0 Å². The summed E-state index contributed by atoms with van der Waals surface area (Å²) < 4.78 is 5.60. The first-order valence-corrected chi connectivity index (χ1v) is 8.95. The highest BCUT2D eigenvalue weighted by Crippen LogP contribution is 2.35. The lowest BCUT2D eigenvalue weighted by molar-refractivity contribution is -0.140. The quantitative estimate of drug-likeness (QED) is 0.691. The highest BCUT2D eigenvalue weighted by molar-refractivity contribution is 5.91. The van der Waals surface area contributed by atoms with Gasteiger partial charge in [0.05, 0.1) is 0 Å². The number of cyclic esters (lactones) is 1. The van der Waals surface area contributed by atoms with Gasteiger partial charge in [-0.1, -0.05) is 77.1 Å². The van der Waals surface area contributed by atoms with Crippen LogP contribution in [-0.4, -0.2) is 5.97 Å². The van der Waals surface area contributed by atoms with Gasteiger partial charge in [-0.25, -0.2) is 4.79 Å². The van der Waals surface area contributed by atoms with E-state index < -0.39 is 0 Å². The largest absolute Gasteiger partial charge is 0.450 e. The van der Waals surface area contributed by atoms with E-state index in [0.717, 1.165) is 17.6 Å². The van der Waals surface area contributed by atoms with Crippen LogP contribution in [-0.2, 0) is 14.9 Å². The molecule has 0 aromatic heterocycles. The lowest BCUT2D eigenvalue weighted by Crippen LogP contribution is -2.11. The summed E-state index contributed by atoms with van der Waals surface area (Å²) in [6.45, 7) is 6.62. The fraction of sp³-hybridized carbons (Fsp3) is 0.571. The Morgan fingerprint density at radius 3 is 2.30 bits per heavy atom. The van der Waals surface area contributed by atoms with Crippen molar-refractivity contribution >= 4 is 5.97 Å². The Labute approximate surface area is 139 Å². The minimum atomic E-state index is -0.199. The normalized spacial score (nSPS) is 22.8. The van der Waals surface area contributed by atoms with Crippen molar-refractivity contribution in [3.05, 3.63) is 47.0 Å². The number of hydrogen-bond donors (Lipinski definition) is 0. The van der Waals surface area contributed by atoms with Crippen molar-refractivity contribution in [2.75, 3.05) is 0 Å². The van der Waals surface area contributed by atoms with E-state index in [4.69, 9.17) is 4.74 Å². The van der Waals surface area contributed by atoms with Gasteiger partial charge in [0.25, 0.3) is 0 Å². The zero-order chi connectivity index (χ0) is 16.4. The van der Waals surface area contributed by atoms with E-state index in [-0.39, 0.29) is 17.5 Å². The number of hydrogen-bond acceptors (Lipinski definition) is 2. The van der Waals surface area contributed by atoms with Crippen LogP contribution in [0.1, 0.15) is 76.5 Å². The van der Waals surface area contributed by atoms with Crippen molar-refractivity contribution < 1.29 is 9.53 Å². The first-order valence-electron chi connectivity index (χ1n) is 8.95. The third-order valence-electron chi connectivity index (χ3n) is 5.19. The first kappa shape index (κ1) is 16.3. The molecule has 0 saturated heterocycles. The van der Waals surface area contributed by atoms with E-state index in [1.54, 1.807) is 0 Å². The van der Waals surface area contributed by atoms with Gasteiger partial charge < -0.3 is 4.74 Å². The number of rotatable bonds is 3. The van der Waals surface area contributed by atoms with Crippen LogP contribution in [0.2, 0.25) is 0 Å². The molecule has 2 heteroatoms. The van der Waals surface area contributed by atoms with Crippen LogP contribution in [0.4, 0.5) is 0 Å². The van der Waals surface area contributed by atoms with Gasteiger partial charge in [-0.3, -0.25) is 0 Å². The molecule has 1 fully saturated rings. The zero-order valence-electron chi connectivity index (χ0n) is 14.6. The standard InChI is InChI=1S/C21H28O2/c1-21(2,3)18-11-9-16(10-12-18)19-14-17(20(22)23-19)13-15-7-5-4-6-8-15/h9-12,14-15,19H,4-8,13H2,1-3H3. The van der Waals surface area contributed by atoms with Crippen LogP contribution >= 0.6 is 0 Å². The smallest absolute Gasteiger partial charge is 0.334 e. The van der Waals surface area contributed by atoms with Crippen LogP contribution in [0.5, 0.6) is 0 Å². The Bertz CT molecular complexity index is 583. The molecule has 0 amide bonds. The second kappa shape index (κ2) is 6.51. The average molecular weight is 312 g/mol. The maximum Gasteiger partial charge on any atom is 0.334 e. The van der Waals surface area contributed by atoms with Gasteiger partial charge in [-0.05, 0) is 35.0 Å². The second-order valence-corrected chi connectivity index (χ2v) is 8.10. The molecule has 124 valence electrons. The average Bonchev–Trinajstić information content (AvgIpc) is 2.89. The van der Waals surface area contributed by atoms with E-state index in [2.05, 4.69) is 45.0 Å². The first-order chi connectivity index (χ1) is 10.9. The maximum absolute atomic E-state index is 12.2. The fourth-order valence-corrected chi connectivity index (χ4v) is 3.67. The van der Waals surface area contributed by atoms with Gasteiger partial charge in [0.2, 0.25) is 0 Å². The van der Waals surface area contributed by atoms with Crippen molar-refractivity contribution in [3.8, 4) is 0 Å². The topological polar surface area (TPSA) is 26.3 Å². The third-order valence-corrected chi connectivity index (χ3v) is 5.19. The molecule has 23 heavy (non-hydrogen) atoms. The lowest BCUT2D eigenvalue weighted by atomic mass is 9.84. The number of carbonyl (C=O) groups excluding carboxylic acids is 1. The predicted molar refractivity (Wildman–Crippen MR) is 93.3 cm³/mol. The van der Waals surface area contributed by atoms with Gasteiger partial charge in [0.15, 0.2) is 0 Å². The Hall–Kier alpha value is -1.57. The minimum Gasteiger partial charge on any atom is -0.450 e. The maximum atomic E-state index is 12.2. The summed E-state index contributed by atoms with van der Waals surface area (Å²) in [5, 5.41) is 0. The highest BCUT2D eigenvalue weighted by atomic mass is 16.5. The van der Waals surface area contributed by atoms with E-state index >= 15 is 0 Å². The molecule has 1 aliphatic carbocycles. The molecule has 1 atom stereocenters. The van der Waals surface area contributed by atoms with Gasteiger partial charge >= 0.3 is 5.97 Å². The third kappa shape index (κ3) is 3.85. The molecule has 1 aromatic rings. The van der Waals surface area contributed by atoms with Gasteiger partial charge in [-0.15, -0.1) is 0 Å². The van der Waals surface area contributed by atoms with E-state index in [1.165, 1.54) is 37.7 Å². The van der Waals surface area contributed by atoms with Gasteiger partial charge in [0.1, 0.15) is 6.10 Å². The Morgan fingerprint density at radius 1 is 1.04 bits per heavy atom. The van der Waals surface area contributed by atoms with Crippen molar-refractivity contribution in [3.63, 3.8) is 0 Å². The molecule has 2 nitrogen and oxygen atoms in total. The summed E-state index contributed by atoms with van der Waals surface area (Å²) in [5.74, 6) is 0.560. The van der Waals surface area contributed by atoms with Crippen molar-refractivity contribution in [2.45, 2.75) is 70.8 Å². The molecule has 1 heterocycles. The van der Waals surface area contributed by atoms with Crippen LogP contribution in [0.3, 0.4) is 0 Å². The molecule has 0 spiro atoms. The predicted octanol–water partition coefficient (Wildman–Crippen LogP) is 5.48. The number of esters is 1. The van der Waals surface area contributed by atoms with Crippen molar-refractivity contribution in [1.29, 1.82) is 0 Å². The van der Waals surface area contributed by atoms with Crippen LogP contribution in [0, 0.1) is 5.92 Å². The monoisotopic (exact) mass is 312 g/mol. The Kier molecular flexibility index (Phi) is 4.61. The Balaban J connectivity index is 1.70. The Morgan fingerprint density at radius 2 is 1.70 bits per heavy atom. The summed E-state index contributed by atoms with van der Waals surface area (Å²) in [4.78, 5) is 12.2. The number of carbonyl (C=O) groups is 1. The van der Waals surface area contributed by atoms with Crippen molar-refractivity contribution in [2.24, 2.45) is 5.92 Å². The number of benzene rings is 1. The fourth-order valence-electron chi connectivity index (χ4n) is 3.67. The molecule has 2 aliphatic rings. The summed E-state index contributed by atoms with van der Waals surface area (Å²) in [6, 6.07) is 8.49. The summed E-state index contributed by atoms with van der Waals surface area (Å²) in [7, 11) is 0. The minimum absolute atomic E-state index is 0.111. The van der Waals surface area contributed by atoms with E-state index in [9.17, 15) is 4.79 Å². The highest BCUT2D eigenvalue weighted by Gasteiger charge is 2.29. The molecule has 0 bridgehead atoms. The molecule has 3 rings (SSSR count). The van der Waals surface area contributed by atoms with E-state index in [0.29, 0.717) is 5.92 Å². The summed E-state index contributed by atoms with van der Waals surface area (Å²) >= 11 is 0. The number of ether oxygens (including phenoxy) is 1. The van der Waals surface area contributed by atoms with Crippen molar-refractivity contribution in [1.82, 2.24) is 0 Å². The molecule has 0 N–H and O–H groups in total.